The minimum Gasteiger partial charge on any atom is -0.461 e. The summed E-state index contributed by atoms with van der Waals surface area (Å²) in [5.74, 6) is -0.311. The lowest BCUT2D eigenvalue weighted by Crippen LogP contribution is -2.04. The van der Waals surface area contributed by atoms with Crippen molar-refractivity contribution in [3.8, 4) is 0 Å². The van der Waals surface area contributed by atoms with Crippen molar-refractivity contribution >= 4 is 16.9 Å². The van der Waals surface area contributed by atoms with Crippen LogP contribution in [0.1, 0.15) is 28.7 Å². The molecule has 2 aromatic heterocycles. The van der Waals surface area contributed by atoms with Crippen molar-refractivity contribution in [3.05, 3.63) is 59.5 Å². The van der Waals surface area contributed by atoms with Gasteiger partial charge in [0.1, 0.15) is 5.69 Å². The van der Waals surface area contributed by atoms with Crippen molar-refractivity contribution in [2.45, 2.75) is 13.3 Å². The molecule has 2 N–H and O–H groups in total. The van der Waals surface area contributed by atoms with Crippen LogP contribution in [0.2, 0.25) is 0 Å². The molecule has 3 rings (SSSR count). The highest BCUT2D eigenvalue weighted by atomic mass is 16.5. The number of carbonyl (C=O) groups is 1. The Bertz CT molecular complexity index is 726. The van der Waals surface area contributed by atoms with Crippen LogP contribution in [0.3, 0.4) is 0 Å². The van der Waals surface area contributed by atoms with Crippen LogP contribution in [0, 0.1) is 0 Å². The number of hydrogen-bond donors (Lipinski definition) is 2. The standard InChI is InChI=1S/C16H16N2O2/c1-2-20-16(19)15-10-12-8-11(5-6-14(12)18-15)9-13-4-3-7-17-13/h3-8,10,17-18H,2,9H2,1H3. The van der Waals surface area contributed by atoms with Crippen LogP contribution in [-0.2, 0) is 11.2 Å². The summed E-state index contributed by atoms with van der Waals surface area (Å²) in [6.45, 7) is 2.18. The quantitative estimate of drug-likeness (QED) is 0.713. The van der Waals surface area contributed by atoms with E-state index in [9.17, 15) is 4.79 Å². The molecule has 0 spiro atoms. The maximum absolute atomic E-state index is 11.7. The molecule has 1 aromatic carbocycles. The first-order chi connectivity index (χ1) is 9.76. The molecular weight excluding hydrogens is 252 g/mol. The summed E-state index contributed by atoms with van der Waals surface area (Å²) in [4.78, 5) is 18.0. The average molecular weight is 268 g/mol. The van der Waals surface area contributed by atoms with Crippen LogP contribution in [-0.4, -0.2) is 22.5 Å². The zero-order valence-electron chi connectivity index (χ0n) is 11.3. The molecular formula is C16H16N2O2. The first-order valence-corrected chi connectivity index (χ1v) is 6.67. The Kier molecular flexibility index (Phi) is 3.29. The molecule has 0 amide bonds. The number of benzene rings is 1. The van der Waals surface area contributed by atoms with Crippen molar-refractivity contribution in [1.82, 2.24) is 9.97 Å². The molecule has 0 aliphatic heterocycles. The first-order valence-electron chi connectivity index (χ1n) is 6.67. The van der Waals surface area contributed by atoms with Crippen LogP contribution in [0.15, 0.2) is 42.6 Å². The third kappa shape index (κ3) is 2.45. The number of nitrogens with one attached hydrogen (secondary N) is 2. The SMILES string of the molecule is CCOC(=O)c1cc2cc(Cc3ccc[nH]3)ccc2[nH]1. The molecule has 0 bridgehead atoms. The largest absolute Gasteiger partial charge is 0.461 e. The van der Waals surface area contributed by atoms with Gasteiger partial charge < -0.3 is 14.7 Å². The van der Waals surface area contributed by atoms with Gasteiger partial charge in [0.15, 0.2) is 0 Å². The van der Waals surface area contributed by atoms with Gasteiger partial charge in [-0.2, -0.15) is 0 Å². The van der Waals surface area contributed by atoms with E-state index in [-0.39, 0.29) is 5.97 Å². The van der Waals surface area contributed by atoms with Gasteiger partial charge in [-0.15, -0.1) is 0 Å². The minimum absolute atomic E-state index is 0.311. The Morgan fingerprint density at radius 2 is 2.15 bits per heavy atom. The van der Waals surface area contributed by atoms with E-state index in [1.165, 1.54) is 11.3 Å². The third-order valence-electron chi connectivity index (χ3n) is 3.24. The van der Waals surface area contributed by atoms with E-state index in [1.54, 1.807) is 6.92 Å². The van der Waals surface area contributed by atoms with E-state index in [0.717, 1.165) is 17.3 Å². The Morgan fingerprint density at radius 3 is 2.90 bits per heavy atom. The Hall–Kier alpha value is -2.49. The zero-order valence-corrected chi connectivity index (χ0v) is 11.3. The second kappa shape index (κ2) is 5.25. The van der Waals surface area contributed by atoms with Gasteiger partial charge in [0, 0.05) is 29.2 Å². The van der Waals surface area contributed by atoms with Gasteiger partial charge in [0.2, 0.25) is 0 Å². The predicted octanol–water partition coefficient (Wildman–Crippen LogP) is 3.26. The molecule has 2 heterocycles. The molecule has 0 radical (unpaired) electrons. The highest BCUT2D eigenvalue weighted by molar-refractivity contribution is 5.95. The van der Waals surface area contributed by atoms with Gasteiger partial charge in [-0.3, -0.25) is 0 Å². The number of aromatic nitrogens is 2. The molecule has 0 saturated heterocycles. The lowest BCUT2D eigenvalue weighted by molar-refractivity contribution is 0.0520. The second-order valence-corrected chi connectivity index (χ2v) is 4.70. The molecule has 20 heavy (non-hydrogen) atoms. The Morgan fingerprint density at radius 1 is 1.25 bits per heavy atom. The van der Waals surface area contributed by atoms with E-state index >= 15 is 0 Å². The molecule has 0 atom stereocenters. The molecule has 0 saturated carbocycles. The van der Waals surface area contributed by atoms with E-state index in [0.29, 0.717) is 12.3 Å². The normalized spacial score (nSPS) is 10.8. The fourth-order valence-corrected chi connectivity index (χ4v) is 2.31. The summed E-state index contributed by atoms with van der Waals surface area (Å²) in [5.41, 5.74) is 3.82. The number of ether oxygens (including phenoxy) is 1. The van der Waals surface area contributed by atoms with Gasteiger partial charge in [0.25, 0.3) is 0 Å². The van der Waals surface area contributed by atoms with Crippen molar-refractivity contribution < 1.29 is 9.53 Å². The van der Waals surface area contributed by atoms with Gasteiger partial charge in [0.05, 0.1) is 6.61 Å². The number of fused-ring (bicyclic) bond motifs is 1. The Balaban J connectivity index is 1.89. The monoisotopic (exact) mass is 268 g/mol. The number of esters is 1. The van der Waals surface area contributed by atoms with Crippen molar-refractivity contribution in [3.63, 3.8) is 0 Å². The molecule has 102 valence electrons. The molecule has 0 fully saturated rings. The van der Waals surface area contributed by atoms with Gasteiger partial charge in [-0.05, 0) is 42.8 Å². The van der Waals surface area contributed by atoms with Gasteiger partial charge >= 0.3 is 5.97 Å². The molecule has 3 aromatic rings. The van der Waals surface area contributed by atoms with Crippen molar-refractivity contribution in [1.29, 1.82) is 0 Å². The number of hydrogen-bond acceptors (Lipinski definition) is 2. The summed E-state index contributed by atoms with van der Waals surface area (Å²) >= 11 is 0. The zero-order chi connectivity index (χ0) is 13.9. The fraction of sp³-hybridized carbons (Fsp3) is 0.188. The van der Waals surface area contributed by atoms with Gasteiger partial charge in [-0.25, -0.2) is 4.79 Å². The molecule has 0 aliphatic carbocycles. The van der Waals surface area contributed by atoms with Crippen molar-refractivity contribution in [2.75, 3.05) is 6.61 Å². The van der Waals surface area contributed by atoms with Crippen LogP contribution in [0.4, 0.5) is 0 Å². The molecule has 4 nitrogen and oxygen atoms in total. The first kappa shape index (κ1) is 12.5. The van der Waals surface area contributed by atoms with E-state index in [2.05, 4.69) is 28.2 Å². The number of H-pyrrole nitrogens is 2. The van der Waals surface area contributed by atoms with Crippen LogP contribution in [0.25, 0.3) is 10.9 Å². The van der Waals surface area contributed by atoms with Crippen molar-refractivity contribution in [2.24, 2.45) is 0 Å². The van der Waals surface area contributed by atoms with Crippen LogP contribution >= 0.6 is 0 Å². The molecule has 4 heteroatoms. The summed E-state index contributed by atoms with van der Waals surface area (Å²) in [7, 11) is 0. The molecule has 0 unspecified atom stereocenters. The fourth-order valence-electron chi connectivity index (χ4n) is 2.31. The van der Waals surface area contributed by atoms with Crippen LogP contribution < -0.4 is 0 Å². The number of carbonyl (C=O) groups excluding carboxylic acids is 1. The second-order valence-electron chi connectivity index (χ2n) is 4.70. The van der Waals surface area contributed by atoms with E-state index in [4.69, 9.17) is 4.74 Å². The van der Waals surface area contributed by atoms with Crippen LogP contribution in [0.5, 0.6) is 0 Å². The number of rotatable bonds is 4. The maximum Gasteiger partial charge on any atom is 0.354 e. The number of aromatic amines is 2. The highest BCUT2D eigenvalue weighted by Crippen LogP contribution is 2.19. The van der Waals surface area contributed by atoms with Gasteiger partial charge in [-0.1, -0.05) is 6.07 Å². The summed E-state index contributed by atoms with van der Waals surface area (Å²) in [6, 6.07) is 12.0. The van der Waals surface area contributed by atoms with E-state index in [1.807, 2.05) is 24.4 Å². The lowest BCUT2D eigenvalue weighted by atomic mass is 10.1. The lowest BCUT2D eigenvalue weighted by Gasteiger charge is -1.99. The summed E-state index contributed by atoms with van der Waals surface area (Å²) < 4.78 is 5.00. The van der Waals surface area contributed by atoms with E-state index < -0.39 is 0 Å². The summed E-state index contributed by atoms with van der Waals surface area (Å²) in [5, 5.41) is 1.03. The molecule has 0 aliphatic rings. The summed E-state index contributed by atoms with van der Waals surface area (Å²) in [6.07, 6.45) is 2.77. The topological polar surface area (TPSA) is 57.9 Å². The Labute approximate surface area is 116 Å². The predicted molar refractivity (Wildman–Crippen MR) is 77.9 cm³/mol. The third-order valence-corrected chi connectivity index (χ3v) is 3.24. The smallest absolute Gasteiger partial charge is 0.354 e. The average Bonchev–Trinajstić information content (AvgIpc) is 3.07. The highest BCUT2D eigenvalue weighted by Gasteiger charge is 2.10. The maximum atomic E-state index is 11.7. The minimum atomic E-state index is -0.311.